The van der Waals surface area contributed by atoms with Crippen LogP contribution in [0.2, 0.25) is 0 Å². The van der Waals surface area contributed by atoms with E-state index in [0.29, 0.717) is 16.5 Å². The van der Waals surface area contributed by atoms with Crippen LogP contribution in [0.15, 0.2) is 36.4 Å². The second-order valence-electron chi connectivity index (χ2n) is 6.47. The number of thiophene rings is 1. The lowest BCUT2D eigenvalue weighted by Gasteiger charge is -2.10. The van der Waals surface area contributed by atoms with Crippen LogP contribution in [-0.4, -0.2) is 24.3 Å². The van der Waals surface area contributed by atoms with Gasteiger partial charge in [-0.15, -0.1) is 11.3 Å². The number of esters is 1. The second-order valence-corrected chi connectivity index (χ2v) is 7.76. The van der Waals surface area contributed by atoms with Crippen molar-refractivity contribution >= 4 is 34.7 Å². The van der Waals surface area contributed by atoms with Crippen molar-refractivity contribution < 1.29 is 19.1 Å². The fraction of sp³-hybridized carbons (Fsp3) is 0.381. The summed E-state index contributed by atoms with van der Waals surface area (Å²) in [4.78, 5) is 37.3. The molecule has 0 saturated carbocycles. The van der Waals surface area contributed by atoms with Crippen LogP contribution in [0.5, 0.6) is 0 Å². The molecule has 1 heterocycles. The smallest absolute Gasteiger partial charge is 0.306 e. The molecule has 0 aliphatic rings. The molecule has 5 nitrogen and oxygen atoms in total. The van der Waals surface area contributed by atoms with Gasteiger partial charge in [0, 0.05) is 17.0 Å². The molecule has 1 aromatic heterocycles. The largest absolute Gasteiger partial charge is 0.456 e. The molecule has 1 amide bonds. The fourth-order valence-electron chi connectivity index (χ4n) is 2.47. The van der Waals surface area contributed by atoms with E-state index in [1.165, 1.54) is 16.9 Å². The Morgan fingerprint density at radius 2 is 1.78 bits per heavy atom. The van der Waals surface area contributed by atoms with Crippen molar-refractivity contribution in [3.05, 3.63) is 51.7 Å². The minimum atomic E-state index is -0.557. The topological polar surface area (TPSA) is 72.5 Å². The normalized spacial score (nSPS) is 11.7. The summed E-state index contributed by atoms with van der Waals surface area (Å²) in [5.74, 6) is -0.578. The second kappa shape index (κ2) is 10.0. The van der Waals surface area contributed by atoms with Gasteiger partial charge in [0.25, 0.3) is 5.91 Å². The lowest BCUT2D eigenvalue weighted by atomic mass is 9.99. The number of benzene rings is 1. The molecule has 0 aliphatic heterocycles. The highest BCUT2D eigenvalue weighted by Crippen LogP contribution is 2.20. The summed E-state index contributed by atoms with van der Waals surface area (Å²) in [6.07, 6.45) is 1.10. The van der Waals surface area contributed by atoms with Gasteiger partial charge in [-0.1, -0.05) is 26.0 Å². The number of rotatable bonds is 9. The Kier molecular flexibility index (Phi) is 7.73. The van der Waals surface area contributed by atoms with E-state index in [9.17, 15) is 14.4 Å². The Morgan fingerprint density at radius 3 is 2.37 bits per heavy atom. The van der Waals surface area contributed by atoms with E-state index in [4.69, 9.17) is 4.74 Å². The summed E-state index contributed by atoms with van der Waals surface area (Å²) in [5, 5.41) is 2.69. The van der Waals surface area contributed by atoms with Crippen LogP contribution in [0.3, 0.4) is 0 Å². The summed E-state index contributed by atoms with van der Waals surface area (Å²) in [7, 11) is 0. The maximum absolute atomic E-state index is 12.0. The van der Waals surface area contributed by atoms with Crippen molar-refractivity contribution in [3.8, 4) is 0 Å². The Bertz CT molecular complexity index is 795. The van der Waals surface area contributed by atoms with Crippen LogP contribution in [-0.2, 0) is 14.3 Å². The molecule has 1 N–H and O–H groups in total. The van der Waals surface area contributed by atoms with Gasteiger partial charge in [-0.3, -0.25) is 14.4 Å². The van der Waals surface area contributed by atoms with Gasteiger partial charge in [-0.2, -0.15) is 0 Å². The van der Waals surface area contributed by atoms with Gasteiger partial charge < -0.3 is 10.1 Å². The molecule has 2 aromatic rings. The number of Topliss-reactive ketones (excluding diaryl/α,β-unsaturated/α-hetero) is 1. The average Bonchev–Trinajstić information content (AvgIpc) is 3.11. The first-order valence-electron chi connectivity index (χ1n) is 9.04. The lowest BCUT2D eigenvalue weighted by Crippen LogP contribution is -2.21. The lowest BCUT2D eigenvalue weighted by molar-refractivity contribution is -0.147. The summed E-state index contributed by atoms with van der Waals surface area (Å²) >= 11 is 1.41. The Morgan fingerprint density at radius 1 is 1.07 bits per heavy atom. The highest BCUT2D eigenvalue weighted by Gasteiger charge is 2.13. The molecule has 0 spiro atoms. The first kappa shape index (κ1) is 20.8. The summed E-state index contributed by atoms with van der Waals surface area (Å²) in [5.41, 5.74) is 1.87. The van der Waals surface area contributed by atoms with Crippen LogP contribution in [0.1, 0.15) is 59.1 Å². The van der Waals surface area contributed by atoms with Crippen LogP contribution in [0.25, 0.3) is 0 Å². The first-order valence-corrected chi connectivity index (χ1v) is 9.85. The fourth-order valence-corrected chi connectivity index (χ4v) is 3.30. The third-order valence-corrected chi connectivity index (χ3v) is 5.35. The number of anilines is 1. The van der Waals surface area contributed by atoms with Crippen LogP contribution >= 0.6 is 11.3 Å². The van der Waals surface area contributed by atoms with E-state index in [1.807, 2.05) is 37.3 Å². The van der Waals surface area contributed by atoms with Crippen molar-refractivity contribution in [2.45, 2.75) is 46.0 Å². The molecule has 2 rings (SSSR count). The third-order valence-electron chi connectivity index (χ3n) is 4.31. The third kappa shape index (κ3) is 6.64. The van der Waals surface area contributed by atoms with Gasteiger partial charge >= 0.3 is 5.97 Å². The number of hydrogen-bond donors (Lipinski definition) is 1. The minimum Gasteiger partial charge on any atom is -0.456 e. The number of nitrogens with one attached hydrogen (secondary N) is 1. The maximum Gasteiger partial charge on any atom is 0.306 e. The van der Waals surface area contributed by atoms with Crippen molar-refractivity contribution in [3.63, 3.8) is 0 Å². The Hall–Kier alpha value is -2.47. The SMILES string of the molecule is CC[C@H](C)c1ccc(NC(=O)COC(=O)CCC(=O)c2ccc(C)s2)cc1. The standard InChI is InChI=1S/C21H25NO4S/c1-4-14(2)16-6-8-17(9-7-16)22-20(24)13-26-21(25)12-10-18(23)19-11-5-15(3)27-19/h5-9,11,14H,4,10,12-13H2,1-3H3,(H,22,24)/t14-/m0/s1. The van der Waals surface area contributed by atoms with E-state index >= 15 is 0 Å². The molecule has 0 fully saturated rings. The molecular weight excluding hydrogens is 362 g/mol. The molecule has 0 radical (unpaired) electrons. The van der Waals surface area contributed by atoms with Crippen molar-refractivity contribution in [2.75, 3.05) is 11.9 Å². The summed E-state index contributed by atoms with van der Waals surface area (Å²) < 4.78 is 4.95. The maximum atomic E-state index is 12.0. The number of ketones is 1. The van der Waals surface area contributed by atoms with Crippen LogP contribution in [0.4, 0.5) is 5.69 Å². The van der Waals surface area contributed by atoms with E-state index in [2.05, 4.69) is 19.2 Å². The summed E-state index contributed by atoms with van der Waals surface area (Å²) in [6, 6.07) is 11.3. The van der Waals surface area contributed by atoms with E-state index < -0.39 is 11.9 Å². The molecule has 27 heavy (non-hydrogen) atoms. The van der Waals surface area contributed by atoms with Crippen LogP contribution in [0, 0.1) is 6.92 Å². The van der Waals surface area contributed by atoms with E-state index in [1.54, 1.807) is 6.07 Å². The average molecular weight is 388 g/mol. The van der Waals surface area contributed by atoms with E-state index in [0.717, 1.165) is 11.3 Å². The molecule has 1 atom stereocenters. The zero-order chi connectivity index (χ0) is 19.8. The quantitative estimate of drug-likeness (QED) is 0.499. The molecule has 144 valence electrons. The Balaban J connectivity index is 1.71. The molecule has 0 bridgehead atoms. The number of carbonyl (C=O) groups excluding carboxylic acids is 3. The predicted molar refractivity (Wildman–Crippen MR) is 107 cm³/mol. The molecule has 0 saturated heterocycles. The minimum absolute atomic E-state index is 0.0351. The first-order chi connectivity index (χ1) is 12.9. The number of hydrogen-bond acceptors (Lipinski definition) is 5. The zero-order valence-corrected chi connectivity index (χ0v) is 16.7. The molecule has 1 aromatic carbocycles. The number of carbonyl (C=O) groups is 3. The summed E-state index contributed by atoms with van der Waals surface area (Å²) in [6.45, 7) is 5.84. The highest BCUT2D eigenvalue weighted by molar-refractivity contribution is 7.14. The Labute approximate surface area is 163 Å². The van der Waals surface area contributed by atoms with Gasteiger partial charge in [0.05, 0.1) is 11.3 Å². The van der Waals surface area contributed by atoms with Crippen molar-refractivity contribution in [1.29, 1.82) is 0 Å². The van der Waals surface area contributed by atoms with Gasteiger partial charge in [0.1, 0.15) is 0 Å². The van der Waals surface area contributed by atoms with Gasteiger partial charge in [-0.05, 0) is 49.1 Å². The molecule has 6 heteroatoms. The predicted octanol–water partition coefficient (Wildman–Crippen LogP) is 4.71. The van der Waals surface area contributed by atoms with Gasteiger partial charge in [-0.25, -0.2) is 0 Å². The van der Waals surface area contributed by atoms with Gasteiger partial charge in [0.2, 0.25) is 0 Å². The molecule has 0 aliphatic carbocycles. The van der Waals surface area contributed by atoms with Crippen molar-refractivity contribution in [1.82, 2.24) is 0 Å². The van der Waals surface area contributed by atoms with Crippen molar-refractivity contribution in [2.24, 2.45) is 0 Å². The molecular formula is C21H25NO4S. The number of ether oxygens (including phenoxy) is 1. The van der Waals surface area contributed by atoms with E-state index in [-0.39, 0.29) is 25.2 Å². The monoisotopic (exact) mass is 387 g/mol. The molecule has 0 unspecified atom stereocenters. The number of aryl methyl sites for hydroxylation is 1. The zero-order valence-electron chi connectivity index (χ0n) is 15.9. The highest BCUT2D eigenvalue weighted by atomic mass is 32.1. The van der Waals surface area contributed by atoms with Gasteiger partial charge in [0.15, 0.2) is 12.4 Å². The van der Waals surface area contributed by atoms with Crippen LogP contribution < -0.4 is 5.32 Å². The number of amides is 1.